The molecule has 0 amide bonds. The van der Waals surface area contributed by atoms with Crippen molar-refractivity contribution in [2.75, 3.05) is 11.5 Å². The molecule has 0 aliphatic carbocycles. The second-order valence-electron chi connectivity index (χ2n) is 10.3. The fourth-order valence-electron chi connectivity index (χ4n) is 4.95. The van der Waals surface area contributed by atoms with Crippen molar-refractivity contribution in [2.24, 2.45) is 5.92 Å². The molecule has 1 rings (SSSR count). The zero-order chi connectivity index (χ0) is 23.3. The number of hydrogen-bond donors (Lipinski definition) is 2. The van der Waals surface area contributed by atoms with Gasteiger partial charge in [0.15, 0.2) is 0 Å². The quantitative estimate of drug-likeness (QED) is 0.138. The van der Waals surface area contributed by atoms with Gasteiger partial charge in [-0.15, -0.1) is 0 Å². The van der Waals surface area contributed by atoms with Crippen LogP contribution < -0.4 is 11.5 Å². The molecule has 0 saturated carbocycles. The van der Waals surface area contributed by atoms with E-state index in [1.165, 1.54) is 134 Å². The average molecular weight is 445 g/mol. The van der Waals surface area contributed by atoms with Crippen LogP contribution in [0.25, 0.3) is 0 Å². The molecule has 2 nitrogen and oxygen atoms in total. The van der Waals surface area contributed by atoms with Crippen LogP contribution in [0.5, 0.6) is 0 Å². The van der Waals surface area contributed by atoms with Gasteiger partial charge in [-0.2, -0.15) is 0 Å². The summed E-state index contributed by atoms with van der Waals surface area (Å²) >= 11 is 0. The van der Waals surface area contributed by atoms with Gasteiger partial charge >= 0.3 is 0 Å². The average Bonchev–Trinajstić information content (AvgIpc) is 2.79. The number of nitrogens with two attached hydrogens (primary N) is 2. The third-order valence-electron chi connectivity index (χ3n) is 7.11. The monoisotopic (exact) mass is 444 g/mol. The van der Waals surface area contributed by atoms with Crippen LogP contribution in [0.15, 0.2) is 18.2 Å². The SMILES string of the molecule is CCCCCCCCCCCCC(CCCCCCCCCC)Cc1cc(N)ccc1N. The molecule has 0 aliphatic heterocycles. The molecule has 1 atom stereocenters. The summed E-state index contributed by atoms with van der Waals surface area (Å²) in [5.41, 5.74) is 15.3. The van der Waals surface area contributed by atoms with E-state index in [1.807, 2.05) is 12.1 Å². The van der Waals surface area contributed by atoms with E-state index in [9.17, 15) is 0 Å². The zero-order valence-corrected chi connectivity index (χ0v) is 21.8. The molecular formula is C30H56N2. The fourth-order valence-corrected chi connectivity index (χ4v) is 4.95. The maximum atomic E-state index is 6.27. The van der Waals surface area contributed by atoms with E-state index in [1.54, 1.807) is 0 Å². The first-order valence-corrected chi connectivity index (χ1v) is 14.3. The van der Waals surface area contributed by atoms with Crippen molar-refractivity contribution in [2.45, 2.75) is 149 Å². The second kappa shape index (κ2) is 20.4. The van der Waals surface area contributed by atoms with E-state index < -0.39 is 0 Å². The molecule has 1 unspecified atom stereocenters. The lowest BCUT2D eigenvalue weighted by atomic mass is 9.88. The molecule has 0 radical (unpaired) electrons. The van der Waals surface area contributed by atoms with E-state index in [0.29, 0.717) is 0 Å². The predicted molar refractivity (Wildman–Crippen MR) is 146 cm³/mol. The first-order valence-electron chi connectivity index (χ1n) is 14.3. The third-order valence-corrected chi connectivity index (χ3v) is 7.11. The molecule has 0 fully saturated rings. The summed E-state index contributed by atoms with van der Waals surface area (Å²) in [6, 6.07) is 6.02. The van der Waals surface area contributed by atoms with Crippen LogP contribution in [0.4, 0.5) is 11.4 Å². The van der Waals surface area contributed by atoms with Crippen molar-refractivity contribution in [1.82, 2.24) is 0 Å². The highest BCUT2D eigenvalue weighted by Gasteiger charge is 2.12. The molecule has 4 N–H and O–H groups in total. The van der Waals surface area contributed by atoms with Gasteiger partial charge in [0.05, 0.1) is 0 Å². The van der Waals surface area contributed by atoms with E-state index in [2.05, 4.69) is 19.9 Å². The smallest absolute Gasteiger partial charge is 0.0348 e. The molecule has 1 aromatic carbocycles. The molecular weight excluding hydrogens is 388 g/mol. The minimum absolute atomic E-state index is 0.758. The van der Waals surface area contributed by atoms with Crippen molar-refractivity contribution >= 4 is 11.4 Å². The second-order valence-corrected chi connectivity index (χ2v) is 10.3. The topological polar surface area (TPSA) is 52.0 Å². The van der Waals surface area contributed by atoms with Crippen LogP contribution in [0.1, 0.15) is 148 Å². The van der Waals surface area contributed by atoms with Gasteiger partial charge in [0.2, 0.25) is 0 Å². The Morgan fingerprint density at radius 1 is 0.562 bits per heavy atom. The Hall–Kier alpha value is -1.18. The zero-order valence-electron chi connectivity index (χ0n) is 21.8. The van der Waals surface area contributed by atoms with Crippen LogP contribution in [-0.4, -0.2) is 0 Å². The van der Waals surface area contributed by atoms with E-state index >= 15 is 0 Å². The van der Waals surface area contributed by atoms with Gasteiger partial charge in [-0.25, -0.2) is 0 Å². The molecule has 0 aliphatic rings. The highest BCUT2D eigenvalue weighted by atomic mass is 14.6. The van der Waals surface area contributed by atoms with Gasteiger partial charge in [0.1, 0.15) is 0 Å². The normalized spacial score (nSPS) is 12.3. The number of unbranched alkanes of at least 4 members (excludes halogenated alkanes) is 16. The Morgan fingerprint density at radius 2 is 0.969 bits per heavy atom. The Bertz CT molecular complexity index is 540. The lowest BCUT2D eigenvalue weighted by Gasteiger charge is -2.18. The predicted octanol–water partition coefficient (Wildman–Crippen LogP) is 9.85. The van der Waals surface area contributed by atoms with E-state index in [0.717, 1.165) is 23.7 Å². The Morgan fingerprint density at radius 3 is 1.41 bits per heavy atom. The van der Waals surface area contributed by atoms with Gasteiger partial charge in [0.25, 0.3) is 0 Å². The van der Waals surface area contributed by atoms with Gasteiger partial charge in [0, 0.05) is 11.4 Å². The highest BCUT2D eigenvalue weighted by Crippen LogP contribution is 2.26. The summed E-state index contributed by atoms with van der Waals surface area (Å²) in [5, 5.41) is 0. The number of anilines is 2. The molecule has 0 bridgehead atoms. The summed E-state index contributed by atoms with van der Waals surface area (Å²) in [4.78, 5) is 0. The Kier molecular flexibility index (Phi) is 18.4. The summed E-state index contributed by atoms with van der Waals surface area (Å²) in [5.74, 6) is 0.758. The fraction of sp³-hybridized carbons (Fsp3) is 0.800. The van der Waals surface area contributed by atoms with Gasteiger partial charge in [-0.05, 0) is 36.1 Å². The summed E-state index contributed by atoms with van der Waals surface area (Å²) in [6.45, 7) is 4.59. The number of hydrogen-bond acceptors (Lipinski definition) is 2. The largest absolute Gasteiger partial charge is 0.399 e. The van der Waals surface area contributed by atoms with Crippen LogP contribution in [-0.2, 0) is 6.42 Å². The van der Waals surface area contributed by atoms with E-state index in [-0.39, 0.29) is 0 Å². The maximum absolute atomic E-state index is 6.27. The maximum Gasteiger partial charge on any atom is 0.0348 e. The minimum Gasteiger partial charge on any atom is -0.399 e. The van der Waals surface area contributed by atoms with Crippen molar-refractivity contribution in [1.29, 1.82) is 0 Å². The molecule has 186 valence electrons. The van der Waals surface area contributed by atoms with Gasteiger partial charge in [-0.3, -0.25) is 0 Å². The Balaban J connectivity index is 2.28. The van der Waals surface area contributed by atoms with Crippen LogP contribution in [0, 0.1) is 5.92 Å². The molecule has 1 aromatic rings. The minimum atomic E-state index is 0.758. The third kappa shape index (κ3) is 15.6. The van der Waals surface area contributed by atoms with Crippen molar-refractivity contribution in [3.63, 3.8) is 0 Å². The summed E-state index contributed by atoms with van der Waals surface area (Å²) in [7, 11) is 0. The van der Waals surface area contributed by atoms with Crippen molar-refractivity contribution < 1.29 is 0 Å². The molecule has 0 heterocycles. The summed E-state index contributed by atoms with van der Waals surface area (Å²) < 4.78 is 0. The van der Waals surface area contributed by atoms with Gasteiger partial charge in [-0.1, -0.05) is 142 Å². The number of benzene rings is 1. The van der Waals surface area contributed by atoms with Crippen molar-refractivity contribution in [3.8, 4) is 0 Å². The lowest BCUT2D eigenvalue weighted by Crippen LogP contribution is -2.08. The molecule has 32 heavy (non-hydrogen) atoms. The molecule has 0 spiro atoms. The van der Waals surface area contributed by atoms with Crippen LogP contribution in [0.3, 0.4) is 0 Å². The molecule has 0 aromatic heterocycles. The standard InChI is InChI=1S/C30H56N2/c1-3-5-7-9-11-13-14-16-18-20-22-27(21-19-17-15-12-10-8-6-4-2)25-28-26-29(31)23-24-30(28)32/h23-24,26-27H,3-22,25,31-32H2,1-2H3. The summed E-state index contributed by atoms with van der Waals surface area (Å²) in [6.07, 6.45) is 29.1. The first-order chi connectivity index (χ1) is 15.7. The van der Waals surface area contributed by atoms with Crippen LogP contribution in [0.2, 0.25) is 0 Å². The first kappa shape index (κ1) is 28.9. The molecule has 0 saturated heterocycles. The van der Waals surface area contributed by atoms with Gasteiger partial charge < -0.3 is 11.5 Å². The molecule has 2 heteroatoms. The number of rotatable bonds is 22. The van der Waals surface area contributed by atoms with E-state index in [4.69, 9.17) is 11.5 Å². The lowest BCUT2D eigenvalue weighted by molar-refractivity contribution is 0.400. The Labute approximate surface area is 201 Å². The highest BCUT2D eigenvalue weighted by molar-refractivity contribution is 5.55. The van der Waals surface area contributed by atoms with Crippen LogP contribution >= 0.6 is 0 Å². The van der Waals surface area contributed by atoms with Crippen molar-refractivity contribution in [3.05, 3.63) is 23.8 Å². The number of nitrogen functional groups attached to an aromatic ring is 2.